The summed E-state index contributed by atoms with van der Waals surface area (Å²) in [4.78, 5) is 13.3. The average Bonchev–Trinajstić information content (AvgIpc) is 3.21. The highest BCUT2D eigenvalue weighted by Crippen LogP contribution is 2.45. The molecule has 3 N–H and O–H groups in total. The first kappa shape index (κ1) is 22.5. The first-order valence-electron chi connectivity index (χ1n) is 9.74. The van der Waals surface area contributed by atoms with E-state index in [2.05, 4.69) is 20.8 Å². The summed E-state index contributed by atoms with van der Waals surface area (Å²) >= 11 is 0. The molecule has 1 aliphatic heterocycles. The van der Waals surface area contributed by atoms with Crippen molar-refractivity contribution in [2.75, 3.05) is 17.7 Å². The predicted molar refractivity (Wildman–Crippen MR) is 109 cm³/mol. The van der Waals surface area contributed by atoms with E-state index in [1.54, 1.807) is 24.3 Å². The molecule has 0 radical (unpaired) electrons. The highest BCUT2D eigenvalue weighted by Gasteiger charge is 2.54. The van der Waals surface area contributed by atoms with Crippen molar-refractivity contribution in [2.45, 2.75) is 24.9 Å². The van der Waals surface area contributed by atoms with Crippen LogP contribution in [0.4, 0.5) is 29.2 Å². The van der Waals surface area contributed by atoms with E-state index in [1.807, 2.05) is 0 Å². The van der Waals surface area contributed by atoms with Gasteiger partial charge in [-0.15, -0.1) is 10.2 Å². The van der Waals surface area contributed by atoms with Crippen LogP contribution < -0.4 is 15.4 Å². The Hall–Kier alpha value is -3.67. The highest BCUT2D eigenvalue weighted by molar-refractivity contribution is 5.94. The number of carbonyl (C=O) groups is 1. The average molecular weight is 465 g/mol. The van der Waals surface area contributed by atoms with Crippen LogP contribution >= 0.6 is 0 Å². The van der Waals surface area contributed by atoms with Crippen LogP contribution in [0.25, 0.3) is 0 Å². The minimum absolute atomic E-state index is 0.205. The summed E-state index contributed by atoms with van der Waals surface area (Å²) in [7, 11) is 1.47. The van der Waals surface area contributed by atoms with Crippen molar-refractivity contribution in [3.05, 3.63) is 65.7 Å². The fourth-order valence-corrected chi connectivity index (χ4v) is 3.91. The Labute approximate surface area is 185 Å². The van der Waals surface area contributed by atoms with Gasteiger partial charge < -0.3 is 20.5 Å². The number of carbonyl (C=O) groups excluding carboxylic acids is 1. The third kappa shape index (κ3) is 4.09. The molecule has 33 heavy (non-hydrogen) atoms. The molecule has 0 spiro atoms. The van der Waals surface area contributed by atoms with Gasteiger partial charge in [-0.2, -0.15) is 13.2 Å². The maximum Gasteiger partial charge on any atom is 0.451 e. The van der Waals surface area contributed by atoms with Crippen molar-refractivity contribution in [1.29, 1.82) is 0 Å². The van der Waals surface area contributed by atoms with Crippen LogP contribution in [0.2, 0.25) is 0 Å². The molecule has 0 fully saturated rings. The Bertz CT molecular complexity index is 1160. The molecule has 8 nitrogen and oxygen atoms in total. The van der Waals surface area contributed by atoms with Crippen LogP contribution in [0.15, 0.2) is 48.5 Å². The molecular weight excluding hydrogens is 446 g/mol. The number of fused-ring (bicyclic) bond motifs is 1. The van der Waals surface area contributed by atoms with Crippen LogP contribution in [0.1, 0.15) is 24.4 Å². The summed E-state index contributed by atoms with van der Waals surface area (Å²) in [6, 6.07) is 10.3. The van der Waals surface area contributed by atoms with Crippen molar-refractivity contribution >= 4 is 17.5 Å². The monoisotopic (exact) mass is 465 g/mol. The molecular formula is C21H19F4N5O3. The van der Waals surface area contributed by atoms with Crippen molar-refractivity contribution in [1.82, 2.24) is 14.8 Å². The number of aliphatic hydroxyl groups is 1. The molecule has 2 heterocycles. The molecule has 1 aromatic heterocycles. The van der Waals surface area contributed by atoms with Gasteiger partial charge in [-0.05, 0) is 48.9 Å². The lowest BCUT2D eigenvalue weighted by Gasteiger charge is -2.43. The van der Waals surface area contributed by atoms with Gasteiger partial charge >= 0.3 is 6.18 Å². The predicted octanol–water partition coefficient (Wildman–Crippen LogP) is 3.53. The van der Waals surface area contributed by atoms with Crippen molar-refractivity contribution in [3.8, 4) is 5.75 Å². The maximum atomic E-state index is 13.6. The van der Waals surface area contributed by atoms with E-state index in [9.17, 15) is 27.5 Å². The van der Waals surface area contributed by atoms with Gasteiger partial charge in [0.2, 0.25) is 17.7 Å². The van der Waals surface area contributed by atoms with Crippen LogP contribution in [-0.4, -0.2) is 32.9 Å². The van der Waals surface area contributed by atoms with Gasteiger partial charge in [0.1, 0.15) is 17.5 Å². The van der Waals surface area contributed by atoms with Gasteiger partial charge in [-0.25, -0.2) is 4.39 Å². The van der Waals surface area contributed by atoms with Crippen molar-refractivity contribution < 1.29 is 32.2 Å². The number of benzene rings is 2. The van der Waals surface area contributed by atoms with E-state index in [0.717, 1.165) is 19.1 Å². The van der Waals surface area contributed by atoms with Gasteiger partial charge in [-0.1, -0.05) is 12.1 Å². The Kier molecular flexibility index (Phi) is 5.48. The summed E-state index contributed by atoms with van der Waals surface area (Å²) in [5.74, 6) is -4.08. The normalized spacial score (nSPS) is 22.3. The smallest absolute Gasteiger partial charge is 0.451 e. The Morgan fingerprint density at radius 2 is 1.79 bits per heavy atom. The van der Waals surface area contributed by atoms with Gasteiger partial charge in [0.05, 0.1) is 13.2 Å². The van der Waals surface area contributed by atoms with Crippen LogP contribution in [-0.2, 0) is 16.7 Å². The molecule has 1 aliphatic rings. The summed E-state index contributed by atoms with van der Waals surface area (Å²) < 4.78 is 59.5. The lowest BCUT2D eigenvalue weighted by molar-refractivity contribution is -0.168. The van der Waals surface area contributed by atoms with E-state index in [1.165, 1.54) is 19.2 Å². The standard InChI is InChI=1S/C21H19F4N5O3/c1-20(32)15(17(31)26-13-7-5-12(22)6-8-13)16(11-3-9-14(33-2)10-4-11)27-19-29-28-18(30(19)20)21(23,24)25/h3-10,15-16,32H,1-2H3,(H,26,31)(H,27,29)/t15-,16+,20+/m0/s1. The maximum absolute atomic E-state index is 13.6. The molecule has 0 unspecified atom stereocenters. The third-order valence-corrected chi connectivity index (χ3v) is 5.45. The first-order chi connectivity index (χ1) is 15.5. The zero-order valence-electron chi connectivity index (χ0n) is 17.4. The highest BCUT2D eigenvalue weighted by atomic mass is 19.4. The van der Waals surface area contributed by atoms with Crippen molar-refractivity contribution in [3.63, 3.8) is 0 Å². The first-order valence-corrected chi connectivity index (χ1v) is 9.74. The summed E-state index contributed by atoms with van der Waals surface area (Å²) in [6.07, 6.45) is -4.93. The molecule has 3 atom stereocenters. The van der Waals surface area contributed by atoms with E-state index in [4.69, 9.17) is 4.74 Å². The lowest BCUT2D eigenvalue weighted by atomic mass is 9.82. The lowest BCUT2D eigenvalue weighted by Crippen LogP contribution is -2.54. The number of hydrogen-bond donors (Lipinski definition) is 3. The molecule has 0 aliphatic carbocycles. The zero-order chi connectivity index (χ0) is 24.0. The number of halogens is 4. The van der Waals surface area contributed by atoms with Crippen LogP contribution in [0, 0.1) is 11.7 Å². The van der Waals surface area contributed by atoms with Crippen molar-refractivity contribution in [2.24, 2.45) is 5.92 Å². The van der Waals surface area contributed by atoms with Gasteiger partial charge in [0.25, 0.3) is 0 Å². The minimum atomic E-state index is -4.93. The number of nitrogens with zero attached hydrogens (tertiary/aromatic N) is 3. The molecule has 0 bridgehead atoms. The van der Waals surface area contributed by atoms with Crippen LogP contribution in [0.5, 0.6) is 5.75 Å². The molecule has 0 saturated carbocycles. The number of nitrogens with one attached hydrogen (secondary N) is 2. The quantitative estimate of drug-likeness (QED) is 0.510. The Morgan fingerprint density at radius 3 is 2.36 bits per heavy atom. The second-order valence-corrected chi connectivity index (χ2v) is 7.64. The molecule has 0 saturated heterocycles. The number of anilines is 2. The number of ether oxygens (including phenoxy) is 1. The Balaban J connectivity index is 1.81. The second kappa shape index (κ2) is 8.03. The largest absolute Gasteiger partial charge is 0.497 e. The third-order valence-electron chi connectivity index (χ3n) is 5.45. The van der Waals surface area contributed by atoms with E-state index in [-0.39, 0.29) is 11.6 Å². The molecule has 4 rings (SSSR count). The SMILES string of the molecule is COc1ccc([C@H]2Nc3nnc(C(F)(F)F)n3[C@](C)(O)[C@@H]2C(=O)Nc2ccc(F)cc2)cc1. The van der Waals surface area contributed by atoms with E-state index < -0.39 is 41.4 Å². The van der Waals surface area contributed by atoms with Gasteiger partial charge in [0, 0.05) is 5.69 Å². The molecule has 12 heteroatoms. The number of hydrogen-bond acceptors (Lipinski definition) is 6. The molecule has 3 aromatic rings. The van der Waals surface area contributed by atoms with Gasteiger partial charge in [0.15, 0.2) is 5.72 Å². The molecule has 2 aromatic carbocycles. The fraction of sp³-hybridized carbons (Fsp3) is 0.286. The number of alkyl halides is 3. The molecule has 174 valence electrons. The number of aromatic nitrogens is 3. The number of amides is 1. The van der Waals surface area contributed by atoms with Crippen LogP contribution in [0.3, 0.4) is 0 Å². The van der Waals surface area contributed by atoms with E-state index in [0.29, 0.717) is 15.9 Å². The molecule has 1 amide bonds. The topological polar surface area (TPSA) is 101 Å². The second-order valence-electron chi connectivity index (χ2n) is 7.64. The number of methoxy groups -OCH3 is 1. The fourth-order valence-electron chi connectivity index (χ4n) is 3.91. The summed E-state index contributed by atoms with van der Waals surface area (Å²) in [5.41, 5.74) is -1.70. The summed E-state index contributed by atoms with van der Waals surface area (Å²) in [5, 5.41) is 23.4. The number of rotatable bonds is 4. The Morgan fingerprint density at radius 1 is 1.15 bits per heavy atom. The van der Waals surface area contributed by atoms with E-state index >= 15 is 0 Å². The minimum Gasteiger partial charge on any atom is -0.497 e. The van der Waals surface area contributed by atoms with Gasteiger partial charge in [-0.3, -0.25) is 9.36 Å². The zero-order valence-corrected chi connectivity index (χ0v) is 17.4. The summed E-state index contributed by atoms with van der Waals surface area (Å²) in [6.45, 7) is 1.08.